The fourth-order valence-electron chi connectivity index (χ4n) is 5.94. The first-order chi connectivity index (χ1) is 18.2. The van der Waals surface area contributed by atoms with E-state index >= 15 is 0 Å². The Kier molecular flexibility index (Phi) is 8.15. The Labute approximate surface area is 219 Å². The molecule has 3 atom stereocenters. The first kappa shape index (κ1) is 25.4. The summed E-state index contributed by atoms with van der Waals surface area (Å²) in [5, 5.41) is 11.7. The Morgan fingerprint density at radius 2 is 1.73 bits per heavy atom. The predicted molar refractivity (Wildman–Crippen MR) is 144 cm³/mol. The summed E-state index contributed by atoms with van der Waals surface area (Å²) in [5.74, 6) is 1.70. The van der Waals surface area contributed by atoms with Crippen LogP contribution in [-0.2, 0) is 21.5 Å². The average molecular weight is 500 g/mol. The fourth-order valence-corrected chi connectivity index (χ4v) is 5.94. The quantitative estimate of drug-likeness (QED) is 0.154. The maximum absolute atomic E-state index is 13.8. The number of nitrogens with zero attached hydrogens (tertiary/aromatic N) is 2. The van der Waals surface area contributed by atoms with E-state index in [-0.39, 0.29) is 18.0 Å². The van der Waals surface area contributed by atoms with Crippen LogP contribution in [0, 0.1) is 11.8 Å². The molecule has 6 heteroatoms. The molecule has 2 aromatic carbocycles. The van der Waals surface area contributed by atoms with Crippen molar-refractivity contribution < 1.29 is 13.9 Å². The van der Waals surface area contributed by atoms with Crippen molar-refractivity contribution in [1.29, 1.82) is 0 Å². The molecular formula is C31H37N3O3. The average Bonchev–Trinajstić information content (AvgIpc) is 3.26. The molecule has 5 rings (SSSR count). The standard InChI is InChI=1S/C31H37N3O3/c1-2-23-21-27(36-30(35)31(18-11-3-4-12-19-31)25-15-9-6-10-16-25)26(23)17-20-32-22-28-33-34-29(37-28)24-13-7-5-8-14-24/h2,5-10,13-16,23,26-27,32H,1,3-4,11-12,17-22H2/t23?,26?,27-/m0/s1. The van der Waals surface area contributed by atoms with Gasteiger partial charge in [-0.2, -0.15) is 0 Å². The number of carbonyl (C=O) groups is 1. The Morgan fingerprint density at radius 1 is 1.03 bits per heavy atom. The van der Waals surface area contributed by atoms with Gasteiger partial charge >= 0.3 is 5.97 Å². The SMILES string of the molecule is C=CC1C[C@H](OC(=O)C2(c3ccccc3)CCCCCC2)C1CCNCc1nnc(-c2ccccc2)o1. The van der Waals surface area contributed by atoms with Crippen molar-refractivity contribution in [2.24, 2.45) is 11.8 Å². The molecule has 1 N–H and O–H groups in total. The molecule has 0 amide bonds. The summed E-state index contributed by atoms with van der Waals surface area (Å²) >= 11 is 0. The summed E-state index contributed by atoms with van der Waals surface area (Å²) < 4.78 is 12.1. The smallest absolute Gasteiger partial charge is 0.316 e. The van der Waals surface area contributed by atoms with Crippen LogP contribution < -0.4 is 5.32 Å². The summed E-state index contributed by atoms with van der Waals surface area (Å²) in [6.45, 7) is 5.30. The number of aromatic nitrogens is 2. The number of allylic oxidation sites excluding steroid dienone is 1. The number of hydrogen-bond acceptors (Lipinski definition) is 6. The molecule has 3 aromatic rings. The van der Waals surface area contributed by atoms with Crippen molar-refractivity contribution >= 4 is 5.97 Å². The van der Waals surface area contributed by atoms with Gasteiger partial charge in [-0.25, -0.2) is 0 Å². The molecule has 2 fully saturated rings. The van der Waals surface area contributed by atoms with Crippen molar-refractivity contribution in [2.75, 3.05) is 6.54 Å². The molecule has 0 bridgehead atoms. The number of esters is 1. The zero-order valence-corrected chi connectivity index (χ0v) is 21.5. The maximum atomic E-state index is 13.8. The minimum atomic E-state index is -0.520. The number of benzene rings is 2. The molecule has 2 unspecified atom stereocenters. The van der Waals surface area contributed by atoms with E-state index in [1.807, 2.05) is 54.6 Å². The Bertz CT molecular complexity index is 1150. The second-order valence-electron chi connectivity index (χ2n) is 10.4. The Hall–Kier alpha value is -3.25. The summed E-state index contributed by atoms with van der Waals surface area (Å²) in [6.07, 6.45) is 9.95. The zero-order chi connectivity index (χ0) is 25.5. The van der Waals surface area contributed by atoms with Gasteiger partial charge in [0.25, 0.3) is 0 Å². The summed E-state index contributed by atoms with van der Waals surface area (Å²) in [7, 11) is 0. The summed E-state index contributed by atoms with van der Waals surface area (Å²) in [4.78, 5) is 13.8. The molecule has 0 spiro atoms. The largest absolute Gasteiger partial charge is 0.461 e. The van der Waals surface area contributed by atoms with Crippen LogP contribution in [0.2, 0.25) is 0 Å². The van der Waals surface area contributed by atoms with Crippen molar-refractivity contribution in [2.45, 2.75) is 69.4 Å². The van der Waals surface area contributed by atoms with Gasteiger partial charge in [0.1, 0.15) is 6.10 Å². The highest BCUT2D eigenvalue weighted by atomic mass is 16.5. The van der Waals surface area contributed by atoms with Gasteiger partial charge in [0.2, 0.25) is 11.8 Å². The molecule has 0 saturated heterocycles. The molecule has 194 valence electrons. The van der Waals surface area contributed by atoms with Crippen molar-refractivity contribution in [3.8, 4) is 11.5 Å². The third-order valence-corrected chi connectivity index (χ3v) is 8.19. The maximum Gasteiger partial charge on any atom is 0.316 e. The highest BCUT2D eigenvalue weighted by molar-refractivity contribution is 5.83. The lowest BCUT2D eigenvalue weighted by Gasteiger charge is -2.44. The molecule has 6 nitrogen and oxygen atoms in total. The number of nitrogens with one attached hydrogen (secondary N) is 1. The zero-order valence-electron chi connectivity index (χ0n) is 21.5. The lowest BCUT2D eigenvalue weighted by Crippen LogP contribution is -2.48. The van der Waals surface area contributed by atoms with Gasteiger partial charge in [0.15, 0.2) is 0 Å². The number of ether oxygens (including phenoxy) is 1. The van der Waals surface area contributed by atoms with Crippen molar-refractivity contribution in [3.05, 3.63) is 84.8 Å². The van der Waals surface area contributed by atoms with Crippen LogP contribution in [-0.4, -0.2) is 28.8 Å². The van der Waals surface area contributed by atoms with Crippen LogP contribution in [0.25, 0.3) is 11.5 Å². The molecule has 37 heavy (non-hydrogen) atoms. The van der Waals surface area contributed by atoms with Gasteiger partial charge < -0.3 is 14.5 Å². The Morgan fingerprint density at radius 3 is 2.43 bits per heavy atom. The topological polar surface area (TPSA) is 77.2 Å². The Balaban J connectivity index is 1.17. The molecule has 0 aliphatic heterocycles. The molecular weight excluding hydrogens is 462 g/mol. The molecule has 2 aliphatic rings. The lowest BCUT2D eigenvalue weighted by atomic mass is 9.68. The minimum absolute atomic E-state index is 0.0367. The van der Waals surface area contributed by atoms with Crippen molar-refractivity contribution in [1.82, 2.24) is 15.5 Å². The van der Waals surface area contributed by atoms with Gasteiger partial charge in [0, 0.05) is 11.5 Å². The molecule has 2 saturated carbocycles. The highest BCUT2D eigenvalue weighted by Gasteiger charge is 2.47. The van der Waals surface area contributed by atoms with Crippen molar-refractivity contribution in [3.63, 3.8) is 0 Å². The van der Waals surface area contributed by atoms with E-state index in [4.69, 9.17) is 9.15 Å². The first-order valence-corrected chi connectivity index (χ1v) is 13.7. The number of rotatable bonds is 10. The molecule has 2 aliphatic carbocycles. The molecule has 1 heterocycles. The van der Waals surface area contributed by atoms with Gasteiger partial charge in [-0.05, 0) is 55.8 Å². The van der Waals surface area contributed by atoms with E-state index in [2.05, 4.69) is 34.2 Å². The number of carbonyl (C=O) groups excluding carboxylic acids is 1. The van der Waals surface area contributed by atoms with Crippen LogP contribution in [0.3, 0.4) is 0 Å². The van der Waals surface area contributed by atoms with Crippen LogP contribution in [0.4, 0.5) is 0 Å². The van der Waals surface area contributed by atoms with E-state index in [0.29, 0.717) is 24.2 Å². The van der Waals surface area contributed by atoms with E-state index in [9.17, 15) is 4.79 Å². The minimum Gasteiger partial charge on any atom is -0.461 e. The first-order valence-electron chi connectivity index (χ1n) is 13.7. The second kappa shape index (κ2) is 11.9. The van der Waals surface area contributed by atoms with Gasteiger partial charge in [-0.1, -0.05) is 80.3 Å². The lowest BCUT2D eigenvalue weighted by molar-refractivity contribution is -0.169. The normalized spacial score (nSPS) is 23.0. The third kappa shape index (κ3) is 5.69. The molecule has 0 radical (unpaired) electrons. The van der Waals surface area contributed by atoms with Gasteiger partial charge in [0.05, 0.1) is 12.0 Å². The van der Waals surface area contributed by atoms with Crippen LogP contribution in [0.15, 0.2) is 77.7 Å². The van der Waals surface area contributed by atoms with Crippen LogP contribution in [0.5, 0.6) is 0 Å². The second-order valence-corrected chi connectivity index (χ2v) is 10.4. The highest BCUT2D eigenvalue weighted by Crippen LogP contribution is 2.44. The van der Waals surface area contributed by atoms with Gasteiger partial charge in [-0.3, -0.25) is 4.79 Å². The fraction of sp³-hybridized carbons (Fsp3) is 0.452. The summed E-state index contributed by atoms with van der Waals surface area (Å²) in [6, 6.07) is 20.1. The number of hydrogen-bond donors (Lipinski definition) is 1. The van der Waals surface area contributed by atoms with E-state index < -0.39 is 5.41 Å². The van der Waals surface area contributed by atoms with Crippen LogP contribution in [0.1, 0.15) is 62.8 Å². The van der Waals surface area contributed by atoms with Gasteiger partial charge in [-0.15, -0.1) is 16.8 Å². The third-order valence-electron chi connectivity index (χ3n) is 8.19. The monoisotopic (exact) mass is 499 g/mol. The predicted octanol–water partition coefficient (Wildman–Crippen LogP) is 6.24. The van der Waals surface area contributed by atoms with E-state index in [0.717, 1.165) is 56.2 Å². The van der Waals surface area contributed by atoms with E-state index in [1.165, 1.54) is 12.8 Å². The summed E-state index contributed by atoms with van der Waals surface area (Å²) in [5.41, 5.74) is 1.50. The van der Waals surface area contributed by atoms with E-state index in [1.54, 1.807) is 0 Å². The van der Waals surface area contributed by atoms with Crippen LogP contribution >= 0.6 is 0 Å². The molecule has 1 aromatic heterocycles.